The van der Waals surface area contributed by atoms with E-state index in [4.69, 9.17) is 9.57 Å². The number of piperidine rings is 1. The number of hydrogen-bond acceptors (Lipinski definition) is 4. The van der Waals surface area contributed by atoms with E-state index in [9.17, 15) is 4.79 Å². The summed E-state index contributed by atoms with van der Waals surface area (Å²) < 4.78 is 5.58. The topological polar surface area (TPSA) is 38.8 Å². The minimum absolute atomic E-state index is 0.0913. The van der Waals surface area contributed by atoms with E-state index in [1.165, 1.54) is 12.5 Å². The molecule has 1 saturated heterocycles. The highest BCUT2D eigenvalue weighted by molar-refractivity contribution is 5.87. The maximum absolute atomic E-state index is 12.3. The van der Waals surface area contributed by atoms with Gasteiger partial charge in [-0.3, -0.25) is 4.84 Å². The van der Waals surface area contributed by atoms with Gasteiger partial charge in [-0.25, -0.2) is 4.79 Å². The van der Waals surface area contributed by atoms with Crippen molar-refractivity contribution in [1.82, 2.24) is 5.06 Å². The Labute approximate surface area is 180 Å². The minimum Gasteiger partial charge on any atom is -0.459 e. The second-order valence-electron chi connectivity index (χ2n) is 9.15. The molecule has 2 aromatic carbocycles. The van der Waals surface area contributed by atoms with E-state index in [0.717, 1.165) is 24.0 Å². The molecule has 0 N–H and O–H groups in total. The van der Waals surface area contributed by atoms with E-state index < -0.39 is 0 Å². The first-order chi connectivity index (χ1) is 14.3. The second kappa shape index (κ2) is 9.59. The van der Waals surface area contributed by atoms with Gasteiger partial charge in [-0.05, 0) is 64.2 Å². The predicted molar refractivity (Wildman–Crippen MR) is 121 cm³/mol. The molecule has 0 aliphatic carbocycles. The van der Waals surface area contributed by atoms with E-state index in [2.05, 4.69) is 32.8 Å². The fourth-order valence-corrected chi connectivity index (χ4v) is 4.18. The molecule has 4 heteroatoms. The van der Waals surface area contributed by atoms with Crippen LogP contribution in [0.4, 0.5) is 0 Å². The summed E-state index contributed by atoms with van der Waals surface area (Å²) in [5.74, 6) is -0.374. The summed E-state index contributed by atoms with van der Waals surface area (Å²) in [6, 6.07) is 19.7. The van der Waals surface area contributed by atoms with Crippen LogP contribution in [0.15, 0.2) is 66.7 Å². The zero-order valence-electron chi connectivity index (χ0n) is 18.5. The quantitative estimate of drug-likeness (QED) is 0.419. The molecule has 0 spiro atoms. The fourth-order valence-electron chi connectivity index (χ4n) is 4.18. The van der Waals surface area contributed by atoms with Crippen LogP contribution in [0.2, 0.25) is 0 Å². The lowest BCUT2D eigenvalue weighted by molar-refractivity contribution is -0.311. The molecular formula is C26H33NO3. The average Bonchev–Trinajstić information content (AvgIpc) is 2.72. The van der Waals surface area contributed by atoms with Crippen molar-refractivity contribution in [2.45, 2.75) is 64.1 Å². The Hall–Kier alpha value is -2.43. The van der Waals surface area contributed by atoms with E-state index in [0.29, 0.717) is 0 Å². The molecule has 1 aliphatic heterocycles. The van der Waals surface area contributed by atoms with Crippen LogP contribution in [-0.4, -0.2) is 28.7 Å². The lowest BCUT2D eigenvalue weighted by Crippen LogP contribution is -2.58. The normalized spacial score (nSPS) is 19.5. The molecular weight excluding hydrogens is 374 g/mol. The molecule has 0 aromatic heterocycles. The van der Waals surface area contributed by atoms with Crippen molar-refractivity contribution < 1.29 is 14.4 Å². The van der Waals surface area contributed by atoms with Gasteiger partial charge in [-0.1, -0.05) is 60.7 Å². The van der Waals surface area contributed by atoms with Gasteiger partial charge in [-0.15, -0.1) is 0 Å². The van der Waals surface area contributed by atoms with Gasteiger partial charge in [0.1, 0.15) is 12.7 Å². The Morgan fingerprint density at radius 1 is 0.967 bits per heavy atom. The summed E-state index contributed by atoms with van der Waals surface area (Å²) in [5.41, 5.74) is 1.77. The second-order valence-corrected chi connectivity index (χ2v) is 9.15. The average molecular weight is 408 g/mol. The SMILES string of the molecule is CC1(C)CCCC(C)(C)N1OC(COC(=O)/C=C/c1ccccc1)c1ccccc1. The fraction of sp³-hybridized carbons (Fsp3) is 0.423. The van der Waals surface area contributed by atoms with Crippen LogP contribution in [-0.2, 0) is 14.4 Å². The number of benzene rings is 2. The lowest BCUT2D eigenvalue weighted by atomic mass is 9.82. The number of esters is 1. The molecule has 1 heterocycles. The van der Waals surface area contributed by atoms with Crippen molar-refractivity contribution in [2.75, 3.05) is 6.61 Å². The van der Waals surface area contributed by atoms with Crippen LogP contribution < -0.4 is 0 Å². The molecule has 0 radical (unpaired) electrons. The summed E-state index contributed by atoms with van der Waals surface area (Å²) in [4.78, 5) is 18.9. The molecule has 1 atom stereocenters. The number of nitrogens with zero attached hydrogens (tertiary/aromatic N) is 1. The van der Waals surface area contributed by atoms with Crippen LogP contribution in [0.25, 0.3) is 6.08 Å². The van der Waals surface area contributed by atoms with E-state index in [-0.39, 0.29) is 29.8 Å². The highest BCUT2D eigenvalue weighted by Crippen LogP contribution is 2.40. The van der Waals surface area contributed by atoms with Crippen LogP contribution in [0.3, 0.4) is 0 Å². The van der Waals surface area contributed by atoms with Crippen LogP contribution >= 0.6 is 0 Å². The van der Waals surface area contributed by atoms with Crippen molar-refractivity contribution in [2.24, 2.45) is 0 Å². The largest absolute Gasteiger partial charge is 0.459 e. The summed E-state index contributed by atoms with van der Waals surface area (Å²) in [5, 5.41) is 2.12. The van der Waals surface area contributed by atoms with Crippen molar-refractivity contribution in [3.05, 3.63) is 77.9 Å². The summed E-state index contributed by atoms with van der Waals surface area (Å²) in [6.45, 7) is 9.01. The lowest BCUT2D eigenvalue weighted by Gasteiger charge is -2.52. The molecule has 0 bridgehead atoms. The molecule has 2 aromatic rings. The predicted octanol–water partition coefficient (Wildman–Crippen LogP) is 5.96. The molecule has 0 saturated carbocycles. The first-order valence-electron chi connectivity index (χ1n) is 10.7. The van der Waals surface area contributed by atoms with Gasteiger partial charge >= 0.3 is 5.97 Å². The monoisotopic (exact) mass is 407 g/mol. The third-order valence-corrected chi connectivity index (χ3v) is 5.67. The van der Waals surface area contributed by atoms with Gasteiger partial charge in [-0.2, -0.15) is 5.06 Å². The molecule has 0 amide bonds. The zero-order chi connectivity index (χ0) is 21.6. The number of hydrogen-bond donors (Lipinski definition) is 0. The maximum atomic E-state index is 12.3. The summed E-state index contributed by atoms with van der Waals surface area (Å²) in [6.07, 6.45) is 6.17. The number of rotatable bonds is 7. The van der Waals surface area contributed by atoms with E-state index in [1.807, 2.05) is 60.7 Å². The third-order valence-electron chi connectivity index (χ3n) is 5.67. The number of carbonyl (C=O) groups excluding carboxylic acids is 1. The van der Waals surface area contributed by atoms with E-state index >= 15 is 0 Å². The number of ether oxygens (including phenoxy) is 1. The van der Waals surface area contributed by atoms with Gasteiger partial charge in [0.25, 0.3) is 0 Å². The van der Waals surface area contributed by atoms with E-state index in [1.54, 1.807) is 6.08 Å². The summed E-state index contributed by atoms with van der Waals surface area (Å²) >= 11 is 0. The van der Waals surface area contributed by atoms with Gasteiger partial charge < -0.3 is 4.74 Å². The van der Waals surface area contributed by atoms with Gasteiger partial charge in [0.05, 0.1) is 0 Å². The summed E-state index contributed by atoms with van der Waals surface area (Å²) in [7, 11) is 0. The molecule has 3 rings (SSSR count). The number of hydroxylamine groups is 2. The van der Waals surface area contributed by atoms with Gasteiger partial charge in [0.2, 0.25) is 0 Å². The Kier molecular flexibility index (Phi) is 7.11. The van der Waals surface area contributed by atoms with Crippen molar-refractivity contribution in [3.63, 3.8) is 0 Å². The standard InChI is InChI=1S/C26H33NO3/c1-25(2)18-11-19-26(3,4)27(25)30-23(22-14-9-6-10-15-22)20-29-24(28)17-16-21-12-7-5-8-13-21/h5-10,12-17,23H,11,18-20H2,1-4H3/b17-16+. The van der Waals surface area contributed by atoms with Gasteiger partial charge in [0.15, 0.2) is 0 Å². The third kappa shape index (κ3) is 5.80. The molecule has 4 nitrogen and oxygen atoms in total. The number of carbonyl (C=O) groups is 1. The molecule has 1 fully saturated rings. The highest BCUT2D eigenvalue weighted by Gasteiger charge is 2.43. The molecule has 160 valence electrons. The Bertz CT molecular complexity index is 827. The van der Waals surface area contributed by atoms with Crippen LogP contribution in [0.1, 0.15) is 64.2 Å². The Morgan fingerprint density at radius 2 is 1.53 bits per heavy atom. The smallest absolute Gasteiger partial charge is 0.330 e. The highest BCUT2D eigenvalue weighted by atomic mass is 16.7. The van der Waals surface area contributed by atoms with Crippen LogP contribution in [0, 0.1) is 0 Å². The van der Waals surface area contributed by atoms with Gasteiger partial charge in [0, 0.05) is 17.2 Å². The molecule has 1 aliphatic rings. The molecule has 1 unspecified atom stereocenters. The van der Waals surface area contributed by atoms with Crippen molar-refractivity contribution in [1.29, 1.82) is 0 Å². The Balaban J connectivity index is 1.72. The zero-order valence-corrected chi connectivity index (χ0v) is 18.5. The maximum Gasteiger partial charge on any atom is 0.330 e. The first kappa shape index (κ1) is 22.3. The van der Waals surface area contributed by atoms with Crippen LogP contribution in [0.5, 0.6) is 0 Å². The van der Waals surface area contributed by atoms with Crippen molar-refractivity contribution >= 4 is 12.0 Å². The minimum atomic E-state index is -0.374. The Morgan fingerprint density at radius 3 is 2.13 bits per heavy atom. The first-order valence-corrected chi connectivity index (χ1v) is 10.7. The molecule has 30 heavy (non-hydrogen) atoms. The van der Waals surface area contributed by atoms with Crippen molar-refractivity contribution in [3.8, 4) is 0 Å².